The van der Waals surface area contributed by atoms with Crippen LogP contribution in [0.1, 0.15) is 31.2 Å². The van der Waals surface area contributed by atoms with Crippen molar-refractivity contribution in [3.63, 3.8) is 0 Å². The molecule has 0 radical (unpaired) electrons. The van der Waals surface area contributed by atoms with Gasteiger partial charge in [-0.1, -0.05) is 12.5 Å². The van der Waals surface area contributed by atoms with Crippen molar-refractivity contribution in [2.24, 2.45) is 0 Å². The predicted molar refractivity (Wildman–Crippen MR) is 72.0 cm³/mol. The van der Waals surface area contributed by atoms with Gasteiger partial charge < -0.3 is 14.6 Å². The third-order valence-electron chi connectivity index (χ3n) is 3.34. The zero-order valence-electron chi connectivity index (χ0n) is 11.0. The molecule has 3 nitrogen and oxygen atoms in total. The lowest BCUT2D eigenvalue weighted by molar-refractivity contribution is 0.211. The molecule has 1 unspecified atom stereocenters. The van der Waals surface area contributed by atoms with E-state index in [1.165, 1.54) is 5.57 Å². The van der Waals surface area contributed by atoms with Gasteiger partial charge in [-0.05, 0) is 37.0 Å². The Morgan fingerprint density at radius 3 is 2.72 bits per heavy atom. The van der Waals surface area contributed by atoms with Gasteiger partial charge in [-0.2, -0.15) is 0 Å². The lowest BCUT2D eigenvalue weighted by Gasteiger charge is -2.13. The van der Waals surface area contributed by atoms with Gasteiger partial charge in [-0.15, -0.1) is 0 Å². The molecular formula is C15H20O3. The topological polar surface area (TPSA) is 38.7 Å². The fourth-order valence-electron chi connectivity index (χ4n) is 2.36. The van der Waals surface area contributed by atoms with Gasteiger partial charge in [0.25, 0.3) is 0 Å². The summed E-state index contributed by atoms with van der Waals surface area (Å²) in [5.41, 5.74) is 2.22. The number of benzene rings is 1. The van der Waals surface area contributed by atoms with Crippen molar-refractivity contribution in [1.82, 2.24) is 0 Å². The maximum Gasteiger partial charge on any atom is 0.130 e. The van der Waals surface area contributed by atoms with Gasteiger partial charge in [0.2, 0.25) is 0 Å². The summed E-state index contributed by atoms with van der Waals surface area (Å²) in [6.07, 6.45) is 5.63. The lowest BCUT2D eigenvalue weighted by atomic mass is 10.00. The maximum absolute atomic E-state index is 9.84. The Kier molecular flexibility index (Phi) is 4.26. The van der Waals surface area contributed by atoms with Crippen LogP contribution in [-0.4, -0.2) is 25.4 Å². The van der Waals surface area contributed by atoms with E-state index in [4.69, 9.17) is 9.47 Å². The van der Waals surface area contributed by atoms with Crippen molar-refractivity contribution >= 4 is 5.57 Å². The van der Waals surface area contributed by atoms with E-state index in [-0.39, 0.29) is 6.10 Å². The second-order valence-corrected chi connectivity index (χ2v) is 4.57. The van der Waals surface area contributed by atoms with Gasteiger partial charge in [0.1, 0.15) is 11.5 Å². The number of methoxy groups -OCH3 is 2. The van der Waals surface area contributed by atoms with Crippen LogP contribution >= 0.6 is 0 Å². The second kappa shape index (κ2) is 5.91. The van der Waals surface area contributed by atoms with Crippen LogP contribution < -0.4 is 9.47 Å². The van der Waals surface area contributed by atoms with E-state index in [0.29, 0.717) is 0 Å². The largest absolute Gasteiger partial charge is 0.497 e. The van der Waals surface area contributed by atoms with E-state index in [1.54, 1.807) is 14.2 Å². The van der Waals surface area contributed by atoms with Crippen LogP contribution in [0.3, 0.4) is 0 Å². The molecule has 0 amide bonds. The van der Waals surface area contributed by atoms with Crippen molar-refractivity contribution in [2.45, 2.75) is 31.8 Å². The molecule has 0 saturated carbocycles. The Morgan fingerprint density at radius 1 is 1.17 bits per heavy atom. The molecule has 0 fully saturated rings. The second-order valence-electron chi connectivity index (χ2n) is 4.57. The summed E-state index contributed by atoms with van der Waals surface area (Å²) in [6.45, 7) is 0. The van der Waals surface area contributed by atoms with E-state index in [0.717, 1.165) is 42.7 Å². The summed E-state index contributed by atoms with van der Waals surface area (Å²) in [6, 6.07) is 5.81. The molecule has 0 heterocycles. The minimum absolute atomic E-state index is 0.339. The number of aliphatic hydroxyl groups is 1. The van der Waals surface area contributed by atoms with E-state index < -0.39 is 0 Å². The Morgan fingerprint density at radius 2 is 2.00 bits per heavy atom. The number of ether oxygens (including phenoxy) is 2. The zero-order valence-corrected chi connectivity index (χ0v) is 11.0. The first-order chi connectivity index (χ1) is 8.74. The van der Waals surface area contributed by atoms with Crippen LogP contribution in [0.25, 0.3) is 5.57 Å². The zero-order chi connectivity index (χ0) is 13.0. The monoisotopic (exact) mass is 248 g/mol. The highest BCUT2D eigenvalue weighted by molar-refractivity contribution is 5.72. The average Bonchev–Trinajstić information content (AvgIpc) is 2.62. The first-order valence-electron chi connectivity index (χ1n) is 6.35. The highest BCUT2D eigenvalue weighted by atomic mass is 16.5. The van der Waals surface area contributed by atoms with Crippen molar-refractivity contribution < 1.29 is 14.6 Å². The standard InChI is InChI=1S/C15H20O3/c1-17-13-7-8-14(15(10-13)18-2)11-5-3-4-6-12(16)9-11/h7-10,12,16H,3-6H2,1-2H3. The minimum Gasteiger partial charge on any atom is -0.497 e. The highest BCUT2D eigenvalue weighted by Gasteiger charge is 2.14. The van der Waals surface area contributed by atoms with Crippen molar-refractivity contribution in [3.05, 3.63) is 29.8 Å². The minimum atomic E-state index is -0.339. The first-order valence-corrected chi connectivity index (χ1v) is 6.35. The molecule has 2 rings (SSSR count). The molecule has 98 valence electrons. The first kappa shape index (κ1) is 13.0. The molecule has 0 saturated heterocycles. The number of rotatable bonds is 3. The molecule has 0 bridgehead atoms. The van der Waals surface area contributed by atoms with E-state index in [9.17, 15) is 5.11 Å². The molecule has 0 spiro atoms. The van der Waals surface area contributed by atoms with Gasteiger partial charge in [0, 0.05) is 11.6 Å². The van der Waals surface area contributed by atoms with Crippen LogP contribution in [0.2, 0.25) is 0 Å². The maximum atomic E-state index is 9.84. The molecule has 3 heteroatoms. The number of aliphatic hydroxyl groups excluding tert-OH is 1. The van der Waals surface area contributed by atoms with Gasteiger partial charge in [0.05, 0.1) is 20.3 Å². The summed E-state index contributed by atoms with van der Waals surface area (Å²) in [5.74, 6) is 1.58. The molecule has 0 aromatic heterocycles. The molecule has 1 aromatic rings. The summed E-state index contributed by atoms with van der Waals surface area (Å²) in [4.78, 5) is 0. The fourth-order valence-corrected chi connectivity index (χ4v) is 2.36. The molecule has 1 aromatic carbocycles. The Hall–Kier alpha value is -1.48. The number of hydrogen-bond acceptors (Lipinski definition) is 3. The summed E-state index contributed by atoms with van der Waals surface area (Å²) in [5, 5.41) is 9.84. The predicted octanol–water partition coefficient (Wildman–Crippen LogP) is 3.02. The molecule has 18 heavy (non-hydrogen) atoms. The summed E-state index contributed by atoms with van der Waals surface area (Å²) in [7, 11) is 3.30. The van der Waals surface area contributed by atoms with E-state index in [1.807, 2.05) is 24.3 Å². The fraction of sp³-hybridized carbons (Fsp3) is 0.467. The van der Waals surface area contributed by atoms with Gasteiger partial charge in [-0.25, -0.2) is 0 Å². The molecule has 1 N–H and O–H groups in total. The van der Waals surface area contributed by atoms with Crippen molar-refractivity contribution in [2.75, 3.05) is 14.2 Å². The third kappa shape index (κ3) is 2.85. The van der Waals surface area contributed by atoms with Crippen LogP contribution in [-0.2, 0) is 0 Å². The molecule has 0 aliphatic heterocycles. The van der Waals surface area contributed by atoms with E-state index in [2.05, 4.69) is 0 Å². The quantitative estimate of drug-likeness (QED) is 0.893. The Balaban J connectivity index is 2.36. The molecule has 1 atom stereocenters. The average molecular weight is 248 g/mol. The van der Waals surface area contributed by atoms with Crippen molar-refractivity contribution in [3.8, 4) is 11.5 Å². The van der Waals surface area contributed by atoms with Gasteiger partial charge in [-0.3, -0.25) is 0 Å². The molecular weight excluding hydrogens is 228 g/mol. The lowest BCUT2D eigenvalue weighted by Crippen LogP contribution is -2.00. The van der Waals surface area contributed by atoms with Crippen LogP contribution in [0.4, 0.5) is 0 Å². The number of allylic oxidation sites excluding steroid dienone is 1. The van der Waals surface area contributed by atoms with E-state index >= 15 is 0 Å². The van der Waals surface area contributed by atoms with Crippen molar-refractivity contribution in [1.29, 1.82) is 0 Å². The van der Waals surface area contributed by atoms with Crippen LogP contribution in [0.15, 0.2) is 24.3 Å². The normalized spacial score (nSPS) is 19.9. The Bertz CT molecular complexity index is 437. The van der Waals surface area contributed by atoms with Crippen LogP contribution in [0, 0.1) is 0 Å². The van der Waals surface area contributed by atoms with Gasteiger partial charge >= 0.3 is 0 Å². The van der Waals surface area contributed by atoms with Crippen LogP contribution in [0.5, 0.6) is 11.5 Å². The van der Waals surface area contributed by atoms with Gasteiger partial charge in [0.15, 0.2) is 0 Å². The SMILES string of the molecule is COc1ccc(C2=CC(O)CCCC2)c(OC)c1. The number of hydrogen-bond donors (Lipinski definition) is 1. The summed E-state index contributed by atoms with van der Waals surface area (Å²) >= 11 is 0. The highest BCUT2D eigenvalue weighted by Crippen LogP contribution is 2.34. The molecule has 1 aliphatic carbocycles. The Labute approximate surface area is 108 Å². The molecule has 1 aliphatic rings. The smallest absolute Gasteiger partial charge is 0.130 e. The third-order valence-corrected chi connectivity index (χ3v) is 3.34. The summed E-state index contributed by atoms with van der Waals surface area (Å²) < 4.78 is 10.6.